The van der Waals surface area contributed by atoms with Crippen LogP contribution in [0.4, 0.5) is 4.39 Å². The molecule has 0 N–H and O–H groups in total. The van der Waals surface area contributed by atoms with Gasteiger partial charge < -0.3 is 9.32 Å². The summed E-state index contributed by atoms with van der Waals surface area (Å²) in [5.41, 5.74) is 0.443. The van der Waals surface area contributed by atoms with Gasteiger partial charge in [0.2, 0.25) is 5.91 Å². The predicted molar refractivity (Wildman–Crippen MR) is 80.4 cm³/mol. The van der Waals surface area contributed by atoms with Crippen LogP contribution in [0.3, 0.4) is 0 Å². The van der Waals surface area contributed by atoms with Crippen LogP contribution in [-0.2, 0) is 11.2 Å². The zero-order valence-electron chi connectivity index (χ0n) is 12.4. The normalized spacial score (nSPS) is 10.6. The first kappa shape index (κ1) is 15.3. The van der Waals surface area contributed by atoms with Crippen molar-refractivity contribution >= 4 is 5.91 Å². The standard InChI is InChI=1S/C17H20FNO2/c1-3-19(4-2)17(20)12-10-13-9-11-16(21-13)14-7-5-6-8-15(14)18/h5-9,11H,3-4,10,12H2,1-2H3. The van der Waals surface area contributed by atoms with Crippen LogP contribution in [0.1, 0.15) is 26.0 Å². The molecule has 1 amide bonds. The average molecular weight is 289 g/mol. The molecule has 1 aromatic carbocycles. The third-order valence-electron chi connectivity index (χ3n) is 3.50. The number of furan rings is 1. The first-order valence-electron chi connectivity index (χ1n) is 7.27. The van der Waals surface area contributed by atoms with Crippen molar-refractivity contribution in [3.05, 3.63) is 48.0 Å². The Labute approximate surface area is 124 Å². The van der Waals surface area contributed by atoms with E-state index in [4.69, 9.17) is 4.42 Å². The highest BCUT2D eigenvalue weighted by atomic mass is 19.1. The van der Waals surface area contributed by atoms with Gasteiger partial charge in [-0.1, -0.05) is 12.1 Å². The SMILES string of the molecule is CCN(CC)C(=O)CCc1ccc(-c2ccccc2F)o1. The van der Waals surface area contributed by atoms with Crippen LogP contribution in [0, 0.1) is 5.82 Å². The Kier molecular flexibility index (Phi) is 5.14. The first-order chi connectivity index (χ1) is 10.2. The molecule has 0 saturated carbocycles. The second kappa shape index (κ2) is 7.07. The minimum atomic E-state index is -0.308. The predicted octanol–water partition coefficient (Wildman–Crippen LogP) is 3.89. The van der Waals surface area contributed by atoms with Crippen molar-refractivity contribution in [3.63, 3.8) is 0 Å². The molecule has 0 spiro atoms. The monoisotopic (exact) mass is 289 g/mol. The number of hydrogen-bond donors (Lipinski definition) is 0. The number of amides is 1. The third-order valence-corrected chi connectivity index (χ3v) is 3.50. The third kappa shape index (κ3) is 3.72. The van der Waals surface area contributed by atoms with Gasteiger partial charge in [-0.05, 0) is 38.1 Å². The van der Waals surface area contributed by atoms with Gasteiger partial charge in [0.05, 0.1) is 5.56 Å². The van der Waals surface area contributed by atoms with Crippen molar-refractivity contribution in [1.29, 1.82) is 0 Å². The zero-order chi connectivity index (χ0) is 15.2. The molecule has 0 saturated heterocycles. The lowest BCUT2D eigenvalue weighted by molar-refractivity contribution is -0.130. The molecular weight excluding hydrogens is 269 g/mol. The van der Waals surface area contributed by atoms with E-state index in [-0.39, 0.29) is 11.7 Å². The molecule has 0 aliphatic carbocycles. The second-order valence-electron chi connectivity index (χ2n) is 4.81. The molecule has 1 aromatic heterocycles. The summed E-state index contributed by atoms with van der Waals surface area (Å²) in [7, 11) is 0. The fourth-order valence-electron chi connectivity index (χ4n) is 2.28. The maximum Gasteiger partial charge on any atom is 0.222 e. The summed E-state index contributed by atoms with van der Waals surface area (Å²) in [6, 6.07) is 10.0. The van der Waals surface area contributed by atoms with Gasteiger partial charge in [0, 0.05) is 25.9 Å². The van der Waals surface area contributed by atoms with Crippen LogP contribution in [0.2, 0.25) is 0 Å². The van der Waals surface area contributed by atoms with Gasteiger partial charge in [-0.2, -0.15) is 0 Å². The summed E-state index contributed by atoms with van der Waals surface area (Å²) >= 11 is 0. The lowest BCUT2D eigenvalue weighted by Crippen LogP contribution is -2.30. The van der Waals surface area contributed by atoms with Crippen LogP contribution >= 0.6 is 0 Å². The molecule has 0 radical (unpaired) electrons. The van der Waals surface area contributed by atoms with Gasteiger partial charge in [0.15, 0.2) is 0 Å². The van der Waals surface area contributed by atoms with Crippen molar-refractivity contribution < 1.29 is 13.6 Å². The van der Waals surface area contributed by atoms with Crippen LogP contribution in [0.15, 0.2) is 40.8 Å². The van der Waals surface area contributed by atoms with Gasteiger partial charge in [0.1, 0.15) is 17.3 Å². The first-order valence-corrected chi connectivity index (χ1v) is 7.27. The number of nitrogens with zero attached hydrogens (tertiary/aromatic N) is 1. The van der Waals surface area contributed by atoms with E-state index in [1.807, 2.05) is 13.8 Å². The minimum absolute atomic E-state index is 0.115. The fourth-order valence-corrected chi connectivity index (χ4v) is 2.28. The van der Waals surface area contributed by atoms with Crippen LogP contribution in [-0.4, -0.2) is 23.9 Å². The number of halogens is 1. The van der Waals surface area contributed by atoms with Gasteiger partial charge in [-0.15, -0.1) is 0 Å². The molecule has 0 fully saturated rings. The topological polar surface area (TPSA) is 33.5 Å². The van der Waals surface area contributed by atoms with Crippen molar-refractivity contribution in [3.8, 4) is 11.3 Å². The Bertz CT molecular complexity index is 602. The summed E-state index contributed by atoms with van der Waals surface area (Å²) in [6.45, 7) is 5.36. The fraction of sp³-hybridized carbons (Fsp3) is 0.353. The number of rotatable bonds is 6. The largest absolute Gasteiger partial charge is 0.461 e. The van der Waals surface area contributed by atoms with Crippen LogP contribution in [0.5, 0.6) is 0 Å². The van der Waals surface area contributed by atoms with Crippen molar-refractivity contribution in [2.45, 2.75) is 26.7 Å². The Morgan fingerprint density at radius 2 is 1.86 bits per heavy atom. The summed E-state index contributed by atoms with van der Waals surface area (Å²) in [5.74, 6) is 1.01. The molecule has 0 atom stereocenters. The average Bonchev–Trinajstić information content (AvgIpc) is 2.95. The maximum atomic E-state index is 13.7. The lowest BCUT2D eigenvalue weighted by atomic mass is 10.1. The molecular formula is C17H20FNO2. The van der Waals surface area contributed by atoms with Crippen molar-refractivity contribution in [2.24, 2.45) is 0 Å². The van der Waals surface area contributed by atoms with E-state index in [1.165, 1.54) is 6.07 Å². The Balaban J connectivity index is 2.01. The molecule has 4 heteroatoms. The van der Waals surface area contributed by atoms with Gasteiger partial charge in [-0.25, -0.2) is 4.39 Å². The Hall–Kier alpha value is -2.10. The molecule has 3 nitrogen and oxygen atoms in total. The van der Waals surface area contributed by atoms with E-state index in [2.05, 4.69) is 0 Å². The van der Waals surface area contributed by atoms with Gasteiger partial charge in [0.25, 0.3) is 0 Å². The Morgan fingerprint density at radius 3 is 2.52 bits per heavy atom. The number of hydrogen-bond acceptors (Lipinski definition) is 2. The number of carbonyl (C=O) groups excluding carboxylic acids is 1. The molecule has 0 aliphatic rings. The van der Waals surface area contributed by atoms with Crippen LogP contribution < -0.4 is 0 Å². The van der Waals surface area contributed by atoms with Gasteiger partial charge >= 0.3 is 0 Å². The van der Waals surface area contributed by atoms with E-state index in [1.54, 1.807) is 35.2 Å². The van der Waals surface area contributed by atoms with Crippen molar-refractivity contribution in [1.82, 2.24) is 4.90 Å². The molecule has 112 valence electrons. The smallest absolute Gasteiger partial charge is 0.222 e. The van der Waals surface area contributed by atoms with E-state index in [9.17, 15) is 9.18 Å². The minimum Gasteiger partial charge on any atom is -0.461 e. The van der Waals surface area contributed by atoms with Gasteiger partial charge in [-0.3, -0.25) is 4.79 Å². The highest BCUT2D eigenvalue weighted by Crippen LogP contribution is 2.25. The number of carbonyl (C=O) groups is 1. The maximum absolute atomic E-state index is 13.7. The molecule has 2 aromatic rings. The van der Waals surface area contributed by atoms with E-state index < -0.39 is 0 Å². The number of benzene rings is 1. The molecule has 0 unspecified atom stereocenters. The molecule has 21 heavy (non-hydrogen) atoms. The number of aryl methyl sites for hydroxylation is 1. The molecule has 0 aliphatic heterocycles. The second-order valence-corrected chi connectivity index (χ2v) is 4.81. The lowest BCUT2D eigenvalue weighted by Gasteiger charge is -2.17. The molecule has 2 rings (SSSR count). The molecule has 0 bridgehead atoms. The van der Waals surface area contributed by atoms with E-state index in [0.717, 1.165) is 0 Å². The summed E-state index contributed by atoms with van der Waals surface area (Å²) in [6.07, 6.45) is 0.940. The van der Waals surface area contributed by atoms with E-state index in [0.29, 0.717) is 43.0 Å². The highest BCUT2D eigenvalue weighted by molar-refractivity contribution is 5.76. The van der Waals surface area contributed by atoms with Crippen LogP contribution in [0.25, 0.3) is 11.3 Å². The van der Waals surface area contributed by atoms with E-state index >= 15 is 0 Å². The Morgan fingerprint density at radius 1 is 1.14 bits per heavy atom. The summed E-state index contributed by atoms with van der Waals surface area (Å²) in [5, 5.41) is 0. The zero-order valence-corrected chi connectivity index (χ0v) is 12.4. The quantitative estimate of drug-likeness (QED) is 0.808. The highest BCUT2D eigenvalue weighted by Gasteiger charge is 2.12. The summed E-state index contributed by atoms with van der Waals surface area (Å²) in [4.78, 5) is 13.7. The molecule has 1 heterocycles. The summed E-state index contributed by atoms with van der Waals surface area (Å²) < 4.78 is 19.3. The van der Waals surface area contributed by atoms with Crippen molar-refractivity contribution in [2.75, 3.05) is 13.1 Å².